The van der Waals surface area contributed by atoms with Crippen LogP contribution in [0, 0.1) is 11.6 Å². The zero-order valence-corrected chi connectivity index (χ0v) is 13.9. The molecule has 0 aliphatic carbocycles. The molecule has 0 unspecified atom stereocenters. The second-order valence-corrected chi connectivity index (χ2v) is 6.16. The summed E-state index contributed by atoms with van der Waals surface area (Å²) in [4.78, 5) is 25.2. The quantitative estimate of drug-likeness (QED) is 0.801. The van der Waals surface area contributed by atoms with E-state index in [-0.39, 0.29) is 37.9 Å². The van der Waals surface area contributed by atoms with Gasteiger partial charge in [-0.15, -0.1) is 0 Å². The molecule has 0 radical (unpaired) electrons. The monoisotopic (exact) mass is 378 g/mol. The minimum atomic E-state index is -4.58. The van der Waals surface area contributed by atoms with E-state index in [0.29, 0.717) is 6.42 Å². The summed E-state index contributed by atoms with van der Waals surface area (Å²) >= 11 is 0. The van der Waals surface area contributed by atoms with E-state index in [4.69, 9.17) is 0 Å². The number of hydrogen-bond donors (Lipinski definition) is 1. The maximum absolute atomic E-state index is 13.6. The molecule has 1 N–H and O–H groups in total. The summed E-state index contributed by atoms with van der Waals surface area (Å²) in [6.07, 6.45) is -5.43. The van der Waals surface area contributed by atoms with Crippen molar-refractivity contribution in [2.45, 2.75) is 44.3 Å². The average Bonchev–Trinajstić information content (AvgIpc) is 2.70. The third-order valence-electron chi connectivity index (χ3n) is 4.15. The molecule has 1 heterocycles. The molecule has 1 aromatic rings. The zero-order chi connectivity index (χ0) is 19.3. The van der Waals surface area contributed by atoms with E-state index in [1.54, 1.807) is 0 Å². The molecule has 9 heteroatoms. The van der Waals surface area contributed by atoms with Crippen molar-refractivity contribution < 1.29 is 31.5 Å². The summed E-state index contributed by atoms with van der Waals surface area (Å²) in [5, 5.41) is 2.38. The average molecular weight is 378 g/mol. The van der Waals surface area contributed by atoms with Gasteiger partial charge in [-0.25, -0.2) is 8.78 Å². The summed E-state index contributed by atoms with van der Waals surface area (Å²) in [7, 11) is 0. The molecular weight excluding hydrogens is 359 g/mol. The Kier molecular flexibility index (Phi) is 6.55. The summed E-state index contributed by atoms with van der Waals surface area (Å²) in [6, 6.07) is 1.50. The minimum Gasteiger partial charge on any atom is -0.354 e. The molecule has 1 aliphatic heterocycles. The van der Waals surface area contributed by atoms with Gasteiger partial charge >= 0.3 is 6.18 Å². The minimum absolute atomic E-state index is 0.0449. The van der Waals surface area contributed by atoms with Gasteiger partial charge in [0.15, 0.2) is 0 Å². The predicted molar refractivity (Wildman–Crippen MR) is 83.1 cm³/mol. The van der Waals surface area contributed by atoms with Crippen molar-refractivity contribution in [3.05, 3.63) is 35.4 Å². The van der Waals surface area contributed by atoms with Crippen molar-refractivity contribution in [2.75, 3.05) is 13.1 Å². The molecule has 144 valence electrons. The molecule has 0 aromatic heterocycles. The maximum atomic E-state index is 13.6. The van der Waals surface area contributed by atoms with Gasteiger partial charge in [0, 0.05) is 25.6 Å². The summed E-state index contributed by atoms with van der Waals surface area (Å²) in [5.41, 5.74) is 0.222. The van der Waals surface area contributed by atoms with Crippen molar-refractivity contribution in [1.82, 2.24) is 10.2 Å². The summed E-state index contributed by atoms with van der Waals surface area (Å²) < 4.78 is 64.7. The first-order valence-electron chi connectivity index (χ1n) is 8.25. The van der Waals surface area contributed by atoms with Gasteiger partial charge in [-0.05, 0) is 30.9 Å². The van der Waals surface area contributed by atoms with Crippen LogP contribution < -0.4 is 5.32 Å². The van der Waals surface area contributed by atoms with Crippen LogP contribution in [0.5, 0.6) is 0 Å². The topological polar surface area (TPSA) is 49.4 Å². The molecule has 1 atom stereocenters. The Morgan fingerprint density at radius 3 is 2.65 bits per heavy atom. The van der Waals surface area contributed by atoms with Crippen LogP contribution in [0.4, 0.5) is 22.0 Å². The molecule has 2 rings (SSSR count). The number of alkyl halides is 3. The molecule has 1 aliphatic rings. The number of carbonyl (C=O) groups excluding carboxylic acids is 2. The smallest absolute Gasteiger partial charge is 0.354 e. The number of benzene rings is 1. The number of aryl methyl sites for hydroxylation is 1. The fraction of sp³-hybridized carbons (Fsp3) is 0.529. The lowest BCUT2D eigenvalue weighted by Gasteiger charge is -2.29. The highest BCUT2D eigenvalue weighted by Gasteiger charge is 2.40. The first kappa shape index (κ1) is 20.1. The Bertz CT molecular complexity index is 663. The van der Waals surface area contributed by atoms with Crippen LogP contribution in [-0.4, -0.2) is 42.0 Å². The SMILES string of the molecule is O=C1NCCCN(C(=O)CCCc2ccc(F)cc2F)[C@@H]1CC(F)(F)F. The van der Waals surface area contributed by atoms with Crippen molar-refractivity contribution >= 4 is 11.8 Å². The molecule has 26 heavy (non-hydrogen) atoms. The Hall–Kier alpha value is -2.19. The normalized spacial score (nSPS) is 18.4. The lowest BCUT2D eigenvalue weighted by atomic mass is 10.1. The van der Waals surface area contributed by atoms with Gasteiger partial charge in [0.1, 0.15) is 17.7 Å². The molecule has 1 fully saturated rings. The van der Waals surface area contributed by atoms with Crippen LogP contribution in [0.1, 0.15) is 31.2 Å². The lowest BCUT2D eigenvalue weighted by Crippen LogP contribution is -2.49. The highest BCUT2D eigenvalue weighted by atomic mass is 19.4. The molecule has 0 spiro atoms. The first-order chi connectivity index (χ1) is 12.2. The predicted octanol–water partition coefficient (Wildman–Crippen LogP) is 2.96. The molecule has 1 saturated heterocycles. The number of hydrogen-bond acceptors (Lipinski definition) is 2. The maximum Gasteiger partial charge on any atom is 0.391 e. The lowest BCUT2D eigenvalue weighted by molar-refractivity contribution is -0.161. The van der Waals surface area contributed by atoms with Gasteiger partial charge in [-0.3, -0.25) is 9.59 Å². The summed E-state index contributed by atoms with van der Waals surface area (Å²) in [6.45, 7) is 0.251. The second-order valence-electron chi connectivity index (χ2n) is 6.16. The number of amides is 2. The van der Waals surface area contributed by atoms with Gasteiger partial charge in [0.25, 0.3) is 0 Å². The standard InChI is InChI=1S/C17H19F5N2O2/c18-12-6-5-11(13(19)9-12)3-1-4-15(25)24-8-2-7-23-16(26)14(24)10-17(20,21)22/h5-6,9,14H,1-4,7-8,10H2,(H,23,26)/t14-/m1/s1. The van der Waals surface area contributed by atoms with Gasteiger partial charge < -0.3 is 10.2 Å². The van der Waals surface area contributed by atoms with Crippen LogP contribution in [0.2, 0.25) is 0 Å². The van der Waals surface area contributed by atoms with Crippen molar-refractivity contribution in [3.8, 4) is 0 Å². The van der Waals surface area contributed by atoms with Crippen molar-refractivity contribution in [3.63, 3.8) is 0 Å². The third-order valence-corrected chi connectivity index (χ3v) is 4.15. The van der Waals surface area contributed by atoms with E-state index in [2.05, 4.69) is 5.32 Å². The van der Waals surface area contributed by atoms with Crippen LogP contribution in [0.25, 0.3) is 0 Å². The molecule has 1 aromatic carbocycles. The largest absolute Gasteiger partial charge is 0.391 e. The number of rotatable bonds is 5. The Morgan fingerprint density at radius 2 is 2.00 bits per heavy atom. The number of halogens is 5. The van der Waals surface area contributed by atoms with Crippen molar-refractivity contribution in [2.24, 2.45) is 0 Å². The highest BCUT2D eigenvalue weighted by molar-refractivity contribution is 5.88. The second kappa shape index (κ2) is 8.46. The van der Waals surface area contributed by atoms with E-state index in [1.165, 1.54) is 6.07 Å². The highest BCUT2D eigenvalue weighted by Crippen LogP contribution is 2.26. The molecule has 4 nitrogen and oxygen atoms in total. The van der Waals surface area contributed by atoms with E-state index in [0.717, 1.165) is 17.0 Å². The fourth-order valence-corrected chi connectivity index (χ4v) is 2.89. The number of nitrogens with one attached hydrogen (secondary N) is 1. The molecule has 0 saturated carbocycles. The Morgan fingerprint density at radius 1 is 1.27 bits per heavy atom. The Labute approximate surface area is 147 Å². The van der Waals surface area contributed by atoms with Gasteiger partial charge in [-0.1, -0.05) is 6.07 Å². The number of carbonyl (C=O) groups is 2. The van der Waals surface area contributed by atoms with Crippen LogP contribution in [0.15, 0.2) is 18.2 Å². The first-order valence-corrected chi connectivity index (χ1v) is 8.25. The zero-order valence-electron chi connectivity index (χ0n) is 13.9. The van der Waals surface area contributed by atoms with Crippen LogP contribution >= 0.6 is 0 Å². The fourth-order valence-electron chi connectivity index (χ4n) is 2.89. The van der Waals surface area contributed by atoms with Crippen LogP contribution in [-0.2, 0) is 16.0 Å². The molecule has 2 amide bonds. The van der Waals surface area contributed by atoms with Gasteiger partial charge in [0.05, 0.1) is 6.42 Å². The van der Waals surface area contributed by atoms with Gasteiger partial charge in [-0.2, -0.15) is 13.2 Å². The summed E-state index contributed by atoms with van der Waals surface area (Å²) in [5.74, 6) is -2.86. The molecular formula is C17H19F5N2O2. The van der Waals surface area contributed by atoms with Crippen molar-refractivity contribution in [1.29, 1.82) is 0 Å². The van der Waals surface area contributed by atoms with E-state index in [9.17, 15) is 31.5 Å². The third kappa shape index (κ3) is 5.67. The van der Waals surface area contributed by atoms with E-state index >= 15 is 0 Å². The van der Waals surface area contributed by atoms with Gasteiger partial charge in [0.2, 0.25) is 11.8 Å². The van der Waals surface area contributed by atoms with E-state index < -0.39 is 42.1 Å². The van der Waals surface area contributed by atoms with E-state index in [1.807, 2.05) is 0 Å². The molecule has 0 bridgehead atoms. The Balaban J connectivity index is 1.99. The van der Waals surface area contributed by atoms with Crippen LogP contribution in [0.3, 0.4) is 0 Å². The number of nitrogens with zero attached hydrogens (tertiary/aromatic N) is 1.